The fraction of sp³-hybridized carbons (Fsp3) is 0.481. The summed E-state index contributed by atoms with van der Waals surface area (Å²) in [5.74, 6) is 0.713. The molecule has 2 aromatic rings. The van der Waals surface area contributed by atoms with Gasteiger partial charge in [-0.2, -0.15) is 0 Å². The number of thiocarbonyl (C=S) groups is 1. The van der Waals surface area contributed by atoms with Crippen LogP contribution in [0.4, 0.5) is 0 Å². The van der Waals surface area contributed by atoms with E-state index in [2.05, 4.69) is 0 Å². The standard InChI is InChI=1S/C27H32N4O4S/c1-4-35-22-10-6-5-8-19(22)13-27(24(33)28(2)26(36)29(3)25(27)34)17-30-14-18-12-20(16-30)21-9-7-11-23(32)31(21)15-18/h5-11,18,20H,4,12-17H2,1-3H3/p+1. The first-order valence-electron chi connectivity index (χ1n) is 12.6. The van der Waals surface area contributed by atoms with Crippen LogP contribution in [0.5, 0.6) is 5.75 Å². The lowest BCUT2D eigenvalue weighted by atomic mass is 9.75. The van der Waals surface area contributed by atoms with Gasteiger partial charge in [0.1, 0.15) is 12.3 Å². The number of benzene rings is 1. The van der Waals surface area contributed by atoms with Gasteiger partial charge >= 0.3 is 0 Å². The predicted molar refractivity (Wildman–Crippen MR) is 139 cm³/mol. The summed E-state index contributed by atoms with van der Waals surface area (Å²) in [5, 5.41) is 0.220. The van der Waals surface area contributed by atoms with Crippen LogP contribution in [-0.4, -0.2) is 71.6 Å². The number of pyridine rings is 1. The lowest BCUT2D eigenvalue weighted by molar-refractivity contribution is -0.915. The van der Waals surface area contributed by atoms with Crippen molar-refractivity contribution in [2.45, 2.75) is 32.2 Å². The Labute approximate surface area is 216 Å². The molecule has 0 aliphatic carbocycles. The quantitative estimate of drug-likeness (QED) is 0.458. The molecule has 4 heterocycles. The van der Waals surface area contributed by atoms with E-state index in [0.29, 0.717) is 31.4 Å². The van der Waals surface area contributed by atoms with Gasteiger partial charge in [-0.1, -0.05) is 24.3 Å². The maximum atomic E-state index is 13.9. The van der Waals surface area contributed by atoms with Crippen molar-refractivity contribution in [3.8, 4) is 5.75 Å². The van der Waals surface area contributed by atoms with Gasteiger partial charge in [0.05, 0.1) is 19.7 Å². The predicted octanol–water partition coefficient (Wildman–Crippen LogP) is 0.693. The number of carbonyl (C=O) groups is 2. The van der Waals surface area contributed by atoms with Gasteiger partial charge in [-0.25, -0.2) is 0 Å². The second-order valence-electron chi connectivity index (χ2n) is 10.3. The highest BCUT2D eigenvalue weighted by atomic mass is 32.1. The normalized spacial score (nSPS) is 25.1. The lowest BCUT2D eigenvalue weighted by Gasteiger charge is -2.47. The average Bonchev–Trinajstić information content (AvgIpc) is 2.87. The molecule has 0 spiro atoms. The molecule has 2 amide bonds. The van der Waals surface area contributed by atoms with Crippen molar-refractivity contribution in [1.29, 1.82) is 0 Å². The molecule has 1 N–H and O–H groups in total. The molecule has 2 saturated heterocycles. The second-order valence-corrected chi connectivity index (χ2v) is 10.7. The van der Waals surface area contributed by atoms with Gasteiger partial charge in [0.15, 0.2) is 10.5 Å². The summed E-state index contributed by atoms with van der Waals surface area (Å²) in [6.45, 7) is 5.05. The van der Waals surface area contributed by atoms with E-state index in [0.717, 1.165) is 30.8 Å². The third-order valence-corrected chi connectivity index (χ3v) is 8.54. The Balaban J connectivity index is 1.52. The minimum atomic E-state index is -1.30. The summed E-state index contributed by atoms with van der Waals surface area (Å²) in [6, 6.07) is 13.1. The number of nitrogens with zero attached hydrogens (tertiary/aromatic N) is 3. The monoisotopic (exact) mass is 509 g/mol. The van der Waals surface area contributed by atoms with Crippen molar-refractivity contribution in [3.05, 3.63) is 64.1 Å². The molecule has 2 bridgehead atoms. The largest absolute Gasteiger partial charge is 0.494 e. The van der Waals surface area contributed by atoms with Crippen molar-refractivity contribution < 1.29 is 19.2 Å². The number of ether oxygens (including phenoxy) is 1. The second kappa shape index (κ2) is 9.44. The maximum Gasteiger partial charge on any atom is 0.250 e. The molecule has 3 unspecified atom stereocenters. The van der Waals surface area contributed by atoms with Crippen molar-refractivity contribution in [1.82, 2.24) is 14.4 Å². The first-order valence-corrected chi connectivity index (χ1v) is 13.0. The molecule has 3 atom stereocenters. The molecule has 0 saturated carbocycles. The number of fused-ring (bicyclic) bond motifs is 4. The van der Waals surface area contributed by atoms with E-state index in [1.807, 2.05) is 47.9 Å². The number of likely N-dealkylation sites (tertiary alicyclic amines) is 1. The Morgan fingerprint density at radius 3 is 2.47 bits per heavy atom. The van der Waals surface area contributed by atoms with Gasteiger partial charge in [-0.05, 0) is 43.3 Å². The molecule has 1 aromatic heterocycles. The molecule has 3 aliphatic rings. The van der Waals surface area contributed by atoms with Crippen LogP contribution >= 0.6 is 12.2 Å². The Morgan fingerprint density at radius 2 is 1.75 bits per heavy atom. The minimum absolute atomic E-state index is 0.0454. The highest BCUT2D eigenvalue weighted by molar-refractivity contribution is 7.80. The van der Waals surface area contributed by atoms with Crippen molar-refractivity contribution in [2.75, 3.05) is 40.3 Å². The van der Waals surface area contributed by atoms with E-state index in [9.17, 15) is 14.4 Å². The summed E-state index contributed by atoms with van der Waals surface area (Å²) < 4.78 is 7.76. The molecule has 3 aliphatic heterocycles. The van der Waals surface area contributed by atoms with Crippen LogP contribution in [0.1, 0.15) is 30.5 Å². The lowest BCUT2D eigenvalue weighted by Crippen LogP contribution is -3.16. The maximum absolute atomic E-state index is 13.9. The van der Waals surface area contributed by atoms with Crippen LogP contribution in [-0.2, 0) is 22.6 Å². The van der Waals surface area contributed by atoms with Crippen LogP contribution in [0.25, 0.3) is 0 Å². The Hall–Kier alpha value is -3.04. The number of hydrogen-bond acceptors (Lipinski definition) is 5. The van der Waals surface area contributed by atoms with Gasteiger partial charge < -0.3 is 14.2 Å². The zero-order chi connectivity index (χ0) is 25.6. The van der Waals surface area contributed by atoms with E-state index in [-0.39, 0.29) is 34.8 Å². The van der Waals surface area contributed by atoms with E-state index < -0.39 is 5.41 Å². The number of para-hydroxylation sites is 1. The fourth-order valence-electron chi connectivity index (χ4n) is 6.46. The van der Waals surface area contributed by atoms with Gasteiger partial charge in [0.2, 0.25) is 11.8 Å². The molecule has 190 valence electrons. The molecule has 2 fully saturated rings. The number of carbonyl (C=O) groups excluding carboxylic acids is 2. The van der Waals surface area contributed by atoms with Gasteiger partial charge in [0, 0.05) is 50.7 Å². The fourth-order valence-corrected chi connectivity index (χ4v) is 6.63. The molecule has 0 radical (unpaired) electrons. The summed E-state index contributed by atoms with van der Waals surface area (Å²) >= 11 is 5.41. The Morgan fingerprint density at radius 1 is 1.03 bits per heavy atom. The van der Waals surface area contributed by atoms with Crippen molar-refractivity contribution >= 4 is 29.1 Å². The summed E-state index contributed by atoms with van der Waals surface area (Å²) in [6.07, 6.45) is 1.27. The topological polar surface area (TPSA) is 76.3 Å². The highest BCUT2D eigenvalue weighted by Gasteiger charge is 2.57. The van der Waals surface area contributed by atoms with Crippen LogP contribution in [0.2, 0.25) is 0 Å². The zero-order valence-electron chi connectivity index (χ0n) is 21.0. The smallest absolute Gasteiger partial charge is 0.250 e. The molecule has 5 rings (SSSR count). The Kier molecular flexibility index (Phi) is 6.46. The summed E-state index contributed by atoms with van der Waals surface area (Å²) in [4.78, 5) is 44.4. The van der Waals surface area contributed by atoms with Crippen LogP contribution in [0.15, 0.2) is 47.3 Å². The molecule has 1 aromatic carbocycles. The number of amides is 2. The van der Waals surface area contributed by atoms with Gasteiger partial charge in [-0.3, -0.25) is 24.2 Å². The Bertz CT molecular complexity index is 1250. The first-order chi connectivity index (χ1) is 17.2. The molecular weight excluding hydrogens is 476 g/mol. The number of quaternary nitrogens is 1. The third kappa shape index (κ3) is 4.04. The number of rotatable bonds is 6. The molecule has 9 heteroatoms. The van der Waals surface area contributed by atoms with E-state index >= 15 is 0 Å². The van der Waals surface area contributed by atoms with E-state index in [1.54, 1.807) is 20.2 Å². The van der Waals surface area contributed by atoms with E-state index in [4.69, 9.17) is 17.0 Å². The number of piperidine rings is 1. The van der Waals surface area contributed by atoms with E-state index in [1.165, 1.54) is 14.7 Å². The minimum Gasteiger partial charge on any atom is -0.494 e. The zero-order valence-corrected chi connectivity index (χ0v) is 21.8. The molecular formula is C27H33N4O4S+. The van der Waals surface area contributed by atoms with Gasteiger partial charge in [-0.15, -0.1) is 0 Å². The van der Waals surface area contributed by atoms with Crippen LogP contribution in [0, 0.1) is 11.3 Å². The number of aromatic nitrogens is 1. The third-order valence-electron chi connectivity index (χ3n) is 7.99. The first kappa shape index (κ1) is 24.6. The average molecular weight is 510 g/mol. The highest BCUT2D eigenvalue weighted by Crippen LogP contribution is 2.36. The SMILES string of the molecule is CCOc1ccccc1CC1(C[NH+]2CC3CC(C2)c2cccc(=O)n2C3)C(=O)N(C)C(=S)N(C)C1=O. The van der Waals surface area contributed by atoms with Crippen LogP contribution < -0.4 is 15.2 Å². The molecule has 8 nitrogen and oxygen atoms in total. The number of nitrogens with one attached hydrogen (secondary N) is 1. The number of hydrogen-bond donors (Lipinski definition) is 1. The van der Waals surface area contributed by atoms with Crippen LogP contribution in [0.3, 0.4) is 0 Å². The molecule has 36 heavy (non-hydrogen) atoms. The summed E-state index contributed by atoms with van der Waals surface area (Å²) in [7, 11) is 3.31. The van der Waals surface area contributed by atoms with Crippen molar-refractivity contribution in [2.24, 2.45) is 11.3 Å². The van der Waals surface area contributed by atoms with Crippen molar-refractivity contribution in [3.63, 3.8) is 0 Å². The van der Waals surface area contributed by atoms with Gasteiger partial charge in [0.25, 0.3) is 5.56 Å². The summed E-state index contributed by atoms with van der Waals surface area (Å²) in [5.41, 5.74) is 0.646.